The summed E-state index contributed by atoms with van der Waals surface area (Å²) in [4.78, 5) is 38.2. The second kappa shape index (κ2) is 4.54. The maximum absolute atomic E-state index is 13.0. The molecule has 3 aliphatic heterocycles. The zero-order valence-corrected chi connectivity index (χ0v) is 13.6. The van der Waals surface area contributed by atoms with Crippen molar-refractivity contribution in [3.05, 3.63) is 36.4 Å². The third kappa shape index (κ3) is 1.83. The summed E-state index contributed by atoms with van der Waals surface area (Å²) in [5.74, 6) is -1.78. The summed E-state index contributed by atoms with van der Waals surface area (Å²) in [6, 6.07) is 6.44. The number of anilines is 1. The summed E-state index contributed by atoms with van der Waals surface area (Å²) in [6.07, 6.45) is 3.75. The topological polar surface area (TPSA) is 72.9 Å². The van der Waals surface area contributed by atoms with Gasteiger partial charge in [-0.2, -0.15) is 0 Å². The molecule has 3 aliphatic rings. The third-order valence-corrected chi connectivity index (χ3v) is 5.06. The Morgan fingerprint density at radius 2 is 1.71 bits per heavy atom. The van der Waals surface area contributed by atoms with E-state index in [0.717, 1.165) is 0 Å². The van der Waals surface area contributed by atoms with E-state index in [2.05, 4.69) is 0 Å². The Morgan fingerprint density at radius 1 is 1.12 bits per heavy atom. The van der Waals surface area contributed by atoms with Gasteiger partial charge in [0.2, 0.25) is 11.8 Å². The number of nitrogens with zero attached hydrogens (tertiary/aromatic N) is 1. The van der Waals surface area contributed by atoms with Crippen LogP contribution in [0.1, 0.15) is 20.8 Å². The molecule has 0 aliphatic carbocycles. The first-order valence-electron chi connectivity index (χ1n) is 7.82. The highest BCUT2D eigenvalue weighted by molar-refractivity contribution is 6.23. The van der Waals surface area contributed by atoms with Crippen LogP contribution >= 0.6 is 0 Å². The molecule has 4 rings (SSSR count). The summed E-state index contributed by atoms with van der Waals surface area (Å²) in [5, 5.41) is 0. The van der Waals surface area contributed by atoms with E-state index in [9.17, 15) is 14.4 Å². The maximum Gasteiger partial charge on any atom is 0.308 e. The molecule has 1 aromatic carbocycles. The minimum absolute atomic E-state index is 0.277. The highest BCUT2D eigenvalue weighted by Gasteiger charge is 2.70. The van der Waals surface area contributed by atoms with Crippen molar-refractivity contribution in [3.8, 4) is 5.75 Å². The fraction of sp³-hybridized carbons (Fsp3) is 0.389. The van der Waals surface area contributed by atoms with Gasteiger partial charge in [-0.1, -0.05) is 18.2 Å². The lowest BCUT2D eigenvalue weighted by atomic mass is 9.73. The van der Waals surface area contributed by atoms with Gasteiger partial charge in [-0.05, 0) is 26.0 Å². The normalized spacial score (nSPS) is 36.4. The van der Waals surface area contributed by atoms with Crippen molar-refractivity contribution in [1.82, 2.24) is 0 Å². The van der Waals surface area contributed by atoms with Crippen molar-refractivity contribution in [2.45, 2.75) is 32.0 Å². The van der Waals surface area contributed by atoms with E-state index in [1.807, 2.05) is 26.0 Å². The number of carbonyl (C=O) groups excluding carboxylic acids is 3. The number of rotatable bonds is 2. The summed E-state index contributed by atoms with van der Waals surface area (Å²) in [5.41, 5.74) is -1.10. The number of hydrogen-bond acceptors (Lipinski definition) is 5. The van der Waals surface area contributed by atoms with Crippen LogP contribution in [0, 0.1) is 11.8 Å². The SMILES string of the molecule is CC(=O)Oc1cccc(N2C(=O)[C@H]3[C@H](C2=O)[C@@]2(C)C=C[C@@]3(C)O2)c1. The molecule has 0 radical (unpaired) electrons. The lowest BCUT2D eigenvalue weighted by molar-refractivity contribution is -0.132. The maximum atomic E-state index is 13.0. The van der Waals surface area contributed by atoms with Gasteiger partial charge in [0.15, 0.2) is 0 Å². The Kier molecular flexibility index (Phi) is 2.85. The van der Waals surface area contributed by atoms with Gasteiger partial charge >= 0.3 is 5.97 Å². The second-order valence-corrected chi connectivity index (χ2v) is 6.86. The smallest absolute Gasteiger partial charge is 0.308 e. The van der Waals surface area contributed by atoms with Gasteiger partial charge in [0.05, 0.1) is 28.7 Å². The Labute approximate surface area is 139 Å². The van der Waals surface area contributed by atoms with Crippen molar-refractivity contribution in [2.75, 3.05) is 4.90 Å². The molecule has 0 aromatic heterocycles. The summed E-state index contributed by atoms with van der Waals surface area (Å²) in [7, 11) is 0. The Balaban J connectivity index is 1.73. The summed E-state index contributed by atoms with van der Waals surface area (Å²) < 4.78 is 11.0. The predicted molar refractivity (Wildman–Crippen MR) is 84.3 cm³/mol. The number of fused-ring (bicyclic) bond motifs is 5. The van der Waals surface area contributed by atoms with Gasteiger partial charge in [-0.3, -0.25) is 14.4 Å². The van der Waals surface area contributed by atoms with E-state index in [-0.39, 0.29) is 11.8 Å². The van der Waals surface area contributed by atoms with Crippen LogP contribution in [-0.4, -0.2) is 29.0 Å². The van der Waals surface area contributed by atoms with Crippen LogP contribution in [0.15, 0.2) is 36.4 Å². The number of imide groups is 1. The lowest BCUT2D eigenvalue weighted by Crippen LogP contribution is -2.39. The van der Waals surface area contributed by atoms with Crippen molar-refractivity contribution < 1.29 is 23.9 Å². The monoisotopic (exact) mass is 327 g/mol. The molecule has 0 unspecified atom stereocenters. The molecule has 2 fully saturated rings. The van der Waals surface area contributed by atoms with Crippen LogP contribution in [0.4, 0.5) is 5.69 Å². The fourth-order valence-corrected chi connectivity index (χ4v) is 4.14. The molecule has 1 aromatic rings. The van der Waals surface area contributed by atoms with E-state index in [1.165, 1.54) is 17.9 Å². The van der Waals surface area contributed by atoms with Crippen LogP contribution in [0.2, 0.25) is 0 Å². The fourth-order valence-electron chi connectivity index (χ4n) is 4.14. The average Bonchev–Trinajstić information content (AvgIpc) is 3.03. The summed E-state index contributed by atoms with van der Waals surface area (Å²) in [6.45, 7) is 4.97. The zero-order chi connectivity index (χ0) is 17.3. The number of hydrogen-bond donors (Lipinski definition) is 0. The molecule has 6 nitrogen and oxygen atoms in total. The van der Waals surface area contributed by atoms with Crippen LogP contribution in [-0.2, 0) is 19.1 Å². The standard InChI is InChI=1S/C18H17NO5/c1-10(20)23-12-6-4-5-11(9-12)19-15(21)13-14(16(19)22)18(3)8-7-17(13,2)24-18/h4-9,13-14H,1-3H3/t13-,14-,17-,18-/m1/s1. The number of benzene rings is 1. The number of carbonyl (C=O) groups is 3. The minimum Gasteiger partial charge on any atom is -0.427 e. The third-order valence-electron chi connectivity index (χ3n) is 5.06. The van der Waals surface area contributed by atoms with Gasteiger partial charge in [-0.15, -0.1) is 0 Å². The van der Waals surface area contributed by atoms with Gasteiger partial charge in [0, 0.05) is 13.0 Å². The molecule has 24 heavy (non-hydrogen) atoms. The van der Waals surface area contributed by atoms with Crippen molar-refractivity contribution in [1.29, 1.82) is 0 Å². The molecule has 0 saturated carbocycles. The molecule has 3 heterocycles. The van der Waals surface area contributed by atoms with Crippen LogP contribution < -0.4 is 9.64 Å². The molecule has 4 atom stereocenters. The number of amides is 2. The van der Waals surface area contributed by atoms with E-state index >= 15 is 0 Å². The van der Waals surface area contributed by atoms with Gasteiger partial charge in [0.25, 0.3) is 0 Å². The molecule has 2 amide bonds. The highest BCUT2D eigenvalue weighted by atomic mass is 16.5. The summed E-state index contributed by atoms with van der Waals surface area (Å²) >= 11 is 0. The van der Waals surface area contributed by atoms with Gasteiger partial charge in [-0.25, -0.2) is 4.90 Å². The van der Waals surface area contributed by atoms with Crippen molar-refractivity contribution in [3.63, 3.8) is 0 Å². The first kappa shape index (κ1) is 15.1. The zero-order valence-electron chi connectivity index (χ0n) is 13.6. The van der Waals surface area contributed by atoms with Crippen molar-refractivity contribution in [2.24, 2.45) is 11.8 Å². The Bertz CT molecular complexity index is 779. The molecular weight excluding hydrogens is 310 g/mol. The van der Waals surface area contributed by atoms with E-state index in [1.54, 1.807) is 18.2 Å². The van der Waals surface area contributed by atoms with Crippen molar-refractivity contribution >= 4 is 23.5 Å². The highest BCUT2D eigenvalue weighted by Crippen LogP contribution is 2.57. The average molecular weight is 327 g/mol. The van der Waals surface area contributed by atoms with E-state index in [0.29, 0.717) is 11.4 Å². The molecule has 0 spiro atoms. The first-order chi connectivity index (χ1) is 11.3. The Morgan fingerprint density at radius 3 is 2.25 bits per heavy atom. The molecule has 124 valence electrons. The molecule has 0 N–H and O–H groups in total. The van der Waals surface area contributed by atoms with Crippen LogP contribution in [0.25, 0.3) is 0 Å². The Hall–Kier alpha value is -2.47. The second-order valence-electron chi connectivity index (χ2n) is 6.86. The lowest BCUT2D eigenvalue weighted by Gasteiger charge is -2.25. The van der Waals surface area contributed by atoms with Crippen LogP contribution in [0.3, 0.4) is 0 Å². The number of ether oxygens (including phenoxy) is 2. The first-order valence-corrected chi connectivity index (χ1v) is 7.82. The predicted octanol–water partition coefficient (Wildman–Crippen LogP) is 1.83. The number of esters is 1. The quantitative estimate of drug-likeness (QED) is 0.359. The molecule has 6 heteroatoms. The molecule has 2 bridgehead atoms. The minimum atomic E-state index is -0.756. The molecule has 2 saturated heterocycles. The van der Waals surface area contributed by atoms with Crippen LogP contribution in [0.5, 0.6) is 5.75 Å². The van der Waals surface area contributed by atoms with Gasteiger partial charge < -0.3 is 9.47 Å². The van der Waals surface area contributed by atoms with E-state index in [4.69, 9.17) is 9.47 Å². The van der Waals surface area contributed by atoms with E-state index < -0.39 is 29.0 Å². The van der Waals surface area contributed by atoms with Gasteiger partial charge in [0.1, 0.15) is 5.75 Å². The molecular formula is C18H17NO5. The largest absolute Gasteiger partial charge is 0.427 e.